The van der Waals surface area contributed by atoms with Crippen LogP contribution in [-0.4, -0.2) is 64.9 Å². The van der Waals surface area contributed by atoms with Gasteiger partial charge in [-0.1, -0.05) is 12.6 Å². The minimum Gasteiger partial charge on any atom is -0.490 e. The highest BCUT2D eigenvalue weighted by Gasteiger charge is 2.27. The fourth-order valence-corrected chi connectivity index (χ4v) is 4.36. The lowest BCUT2D eigenvalue weighted by molar-refractivity contribution is 0.0740. The van der Waals surface area contributed by atoms with Crippen molar-refractivity contribution < 1.29 is 27.2 Å². The van der Waals surface area contributed by atoms with E-state index in [2.05, 4.69) is 12.1 Å². The summed E-state index contributed by atoms with van der Waals surface area (Å²) in [6.07, 6.45) is 0.910. The Morgan fingerprint density at radius 1 is 1.12 bits per heavy atom. The zero-order valence-corrected chi connectivity index (χ0v) is 20.6. The van der Waals surface area contributed by atoms with Crippen molar-refractivity contribution in [2.24, 2.45) is 0 Å². The third-order valence-corrected chi connectivity index (χ3v) is 6.51. The maximum Gasteiger partial charge on any atom is 0.257 e. The normalized spacial score (nSPS) is 14.3. The molecule has 8 nitrogen and oxygen atoms in total. The molecule has 0 bridgehead atoms. The van der Waals surface area contributed by atoms with Crippen molar-refractivity contribution in [1.29, 1.82) is 0 Å². The lowest BCUT2D eigenvalue weighted by Gasteiger charge is -2.36. The fraction of sp³-hybridized carbons (Fsp3) is 0.375. The average Bonchev–Trinajstić information content (AvgIpc) is 2.78. The predicted molar refractivity (Wildman–Crippen MR) is 129 cm³/mol. The smallest absolute Gasteiger partial charge is 0.257 e. The van der Waals surface area contributed by atoms with Gasteiger partial charge in [0.2, 0.25) is 0 Å². The van der Waals surface area contributed by atoms with Gasteiger partial charge in [0.1, 0.15) is 11.6 Å². The zero-order chi connectivity index (χ0) is 25.0. The number of nitrogens with one attached hydrogen (secondary N) is 1. The highest BCUT2D eigenvalue weighted by atomic mass is 32.2. The molecule has 34 heavy (non-hydrogen) atoms. The number of rotatable bonds is 8. The monoisotopic (exact) mass is 491 g/mol. The first-order valence-electron chi connectivity index (χ1n) is 10.8. The van der Waals surface area contributed by atoms with Crippen LogP contribution in [0.3, 0.4) is 0 Å². The van der Waals surface area contributed by atoms with Crippen molar-refractivity contribution in [3.63, 3.8) is 0 Å². The van der Waals surface area contributed by atoms with E-state index in [1.165, 1.54) is 31.4 Å². The molecule has 0 radical (unpaired) electrons. The molecular weight excluding hydrogens is 461 g/mol. The molecule has 0 saturated carbocycles. The number of ether oxygens (including phenoxy) is 1. The van der Waals surface area contributed by atoms with Crippen LogP contribution in [0.5, 0.6) is 5.75 Å². The predicted octanol–water partition coefficient (Wildman–Crippen LogP) is 3.10. The zero-order valence-electron chi connectivity index (χ0n) is 19.8. The Balaban J connectivity index is 1.76. The first-order valence-corrected chi connectivity index (χ1v) is 12.7. The van der Waals surface area contributed by atoms with Crippen molar-refractivity contribution in [2.75, 3.05) is 44.4 Å². The quantitative estimate of drug-likeness (QED) is 0.568. The van der Waals surface area contributed by atoms with Gasteiger partial charge in [-0.05, 0) is 44.2 Å². The molecule has 0 aliphatic carbocycles. The van der Waals surface area contributed by atoms with Gasteiger partial charge in [-0.15, -0.1) is 0 Å². The number of piperazine rings is 1. The van der Waals surface area contributed by atoms with Gasteiger partial charge in [0.05, 0.1) is 35.1 Å². The summed E-state index contributed by atoms with van der Waals surface area (Å²) in [7, 11) is -2.04. The van der Waals surface area contributed by atoms with Gasteiger partial charge in [0.15, 0.2) is 9.84 Å². The molecule has 0 atom stereocenters. The second kappa shape index (κ2) is 10.4. The molecule has 1 fully saturated rings. The fourth-order valence-electron chi connectivity index (χ4n) is 3.72. The minimum atomic E-state index is -3.49. The van der Waals surface area contributed by atoms with E-state index >= 15 is 0 Å². The molecule has 1 saturated heterocycles. The molecule has 1 aliphatic rings. The van der Waals surface area contributed by atoms with Crippen molar-refractivity contribution >= 4 is 27.1 Å². The van der Waals surface area contributed by atoms with Crippen LogP contribution in [0.25, 0.3) is 5.70 Å². The lowest BCUT2D eigenvalue weighted by atomic mass is 10.1. The van der Waals surface area contributed by atoms with Crippen LogP contribution in [0.1, 0.15) is 29.8 Å². The maximum absolute atomic E-state index is 14.8. The van der Waals surface area contributed by atoms with E-state index in [0.29, 0.717) is 48.9 Å². The highest BCUT2D eigenvalue weighted by molar-refractivity contribution is 7.90. The number of hydrogen-bond donors (Lipinski definition) is 1. The Labute approximate surface area is 199 Å². The Bertz CT molecular complexity index is 1180. The average molecular weight is 492 g/mol. The number of amides is 1. The maximum atomic E-state index is 14.8. The van der Waals surface area contributed by atoms with E-state index in [0.717, 1.165) is 6.26 Å². The standard InChI is InChI=1S/C24H30FN3O5S/c1-16(2)33-23-9-7-19(34(5,30)31)15-20(23)24(29)28-12-10-27(11-13-28)22-8-6-18(14-21(22)25)17(3)26-32-4/h6-9,14-16,26H,3,10-13H2,1-2,4-5H3. The summed E-state index contributed by atoms with van der Waals surface area (Å²) < 4.78 is 44.6. The van der Waals surface area contributed by atoms with Crippen LogP contribution in [0.4, 0.5) is 10.1 Å². The molecule has 0 unspecified atom stereocenters. The number of halogens is 1. The topological polar surface area (TPSA) is 88.2 Å². The summed E-state index contributed by atoms with van der Waals surface area (Å²) in [5.74, 6) is -0.385. The third-order valence-electron chi connectivity index (χ3n) is 5.40. The van der Waals surface area contributed by atoms with Gasteiger partial charge in [0.25, 0.3) is 5.91 Å². The van der Waals surface area contributed by atoms with Crippen LogP contribution in [0.2, 0.25) is 0 Å². The Hall–Kier alpha value is -3.11. The molecule has 3 rings (SSSR count). The second-order valence-corrected chi connectivity index (χ2v) is 10.3. The van der Waals surface area contributed by atoms with Crippen LogP contribution in [0, 0.1) is 5.82 Å². The number of benzene rings is 2. The Morgan fingerprint density at radius 3 is 2.35 bits per heavy atom. The van der Waals surface area contributed by atoms with Gasteiger partial charge in [0, 0.05) is 38.0 Å². The Morgan fingerprint density at radius 2 is 1.79 bits per heavy atom. The Kier molecular flexibility index (Phi) is 7.83. The first kappa shape index (κ1) is 25.5. The number of hydroxylamine groups is 1. The van der Waals surface area contributed by atoms with Crippen LogP contribution in [-0.2, 0) is 14.7 Å². The summed E-state index contributed by atoms with van der Waals surface area (Å²) in [4.78, 5) is 21.7. The summed E-state index contributed by atoms with van der Waals surface area (Å²) >= 11 is 0. The number of carbonyl (C=O) groups is 1. The molecule has 2 aromatic carbocycles. The summed E-state index contributed by atoms with van der Waals surface area (Å²) in [5.41, 5.74) is 4.23. The van der Waals surface area contributed by atoms with E-state index in [4.69, 9.17) is 9.57 Å². The van der Waals surface area contributed by atoms with Gasteiger partial charge < -0.3 is 14.5 Å². The second-order valence-electron chi connectivity index (χ2n) is 8.33. The van der Waals surface area contributed by atoms with Crippen LogP contribution in [0.15, 0.2) is 47.9 Å². The molecule has 10 heteroatoms. The molecule has 0 spiro atoms. The summed E-state index contributed by atoms with van der Waals surface area (Å²) in [6, 6.07) is 9.12. The molecule has 0 aromatic heterocycles. The largest absolute Gasteiger partial charge is 0.490 e. The number of nitrogens with zero attached hydrogens (tertiary/aromatic N) is 2. The van der Waals surface area contributed by atoms with E-state index in [9.17, 15) is 17.6 Å². The number of hydrogen-bond acceptors (Lipinski definition) is 7. The molecule has 1 heterocycles. The molecule has 1 amide bonds. The summed E-state index contributed by atoms with van der Waals surface area (Å²) in [6.45, 7) is 9.00. The van der Waals surface area contributed by atoms with Gasteiger partial charge >= 0.3 is 0 Å². The van der Waals surface area contributed by atoms with Crippen molar-refractivity contribution in [1.82, 2.24) is 10.4 Å². The number of sulfone groups is 1. The molecular formula is C24H30FN3O5S. The molecule has 1 N–H and O–H groups in total. The van der Waals surface area contributed by atoms with E-state index in [1.54, 1.807) is 17.0 Å². The van der Waals surface area contributed by atoms with Crippen molar-refractivity contribution in [2.45, 2.75) is 24.8 Å². The van der Waals surface area contributed by atoms with Gasteiger partial charge in [-0.2, -0.15) is 0 Å². The van der Waals surface area contributed by atoms with Crippen LogP contribution >= 0.6 is 0 Å². The van der Waals surface area contributed by atoms with Gasteiger partial charge in [-0.3, -0.25) is 15.1 Å². The SMILES string of the molecule is C=C(NOC)c1ccc(N2CCN(C(=O)c3cc(S(C)(=O)=O)ccc3OC(C)C)CC2)c(F)c1. The highest BCUT2D eigenvalue weighted by Crippen LogP contribution is 2.28. The molecule has 1 aliphatic heterocycles. The van der Waals surface area contributed by atoms with Crippen molar-refractivity contribution in [3.8, 4) is 5.75 Å². The summed E-state index contributed by atoms with van der Waals surface area (Å²) in [5, 5.41) is 0. The van der Waals surface area contributed by atoms with Crippen LogP contribution < -0.4 is 15.1 Å². The van der Waals surface area contributed by atoms with E-state index in [1.807, 2.05) is 18.7 Å². The number of anilines is 1. The molecule has 2 aromatic rings. The van der Waals surface area contributed by atoms with E-state index < -0.39 is 15.7 Å². The first-order chi connectivity index (χ1) is 16.0. The van der Waals surface area contributed by atoms with Gasteiger partial charge in [-0.25, -0.2) is 12.8 Å². The third kappa shape index (κ3) is 5.87. The molecule has 184 valence electrons. The van der Waals surface area contributed by atoms with Crippen molar-refractivity contribution in [3.05, 3.63) is 59.9 Å². The number of carbonyl (C=O) groups excluding carboxylic acids is 1. The lowest BCUT2D eigenvalue weighted by Crippen LogP contribution is -2.49. The minimum absolute atomic E-state index is 0.0531. The van der Waals surface area contributed by atoms with E-state index in [-0.39, 0.29) is 22.5 Å².